The van der Waals surface area contributed by atoms with Gasteiger partial charge in [0.1, 0.15) is 0 Å². The molecule has 0 fully saturated rings. The Bertz CT molecular complexity index is 259. The van der Waals surface area contributed by atoms with Crippen LogP contribution in [0, 0.1) is 12.3 Å². The molecule has 0 aliphatic carbocycles. The number of halogens is 1. The highest BCUT2D eigenvalue weighted by Gasteiger charge is 2.28. The number of ether oxygens (including phenoxy) is 1. The van der Waals surface area contributed by atoms with Crippen molar-refractivity contribution in [2.24, 2.45) is 0 Å². The summed E-state index contributed by atoms with van der Waals surface area (Å²) in [7, 11) is 0. The highest BCUT2D eigenvalue weighted by atomic mass is 19.1. The molecule has 0 heterocycles. The number of amides is 1. The van der Waals surface area contributed by atoms with Crippen molar-refractivity contribution in [3.63, 3.8) is 0 Å². The molecule has 1 amide bonds. The molecule has 4 nitrogen and oxygen atoms in total. The lowest BCUT2D eigenvalue weighted by molar-refractivity contribution is -0.148. The number of rotatable bonds is 4. The maximum Gasteiger partial charge on any atom is 0.332 e. The second kappa shape index (κ2) is 5.97. The predicted molar refractivity (Wildman–Crippen MR) is 48.0 cm³/mol. The molecule has 0 saturated carbocycles. The monoisotopic (exact) mass is 201 g/mol. The molecule has 0 aromatic rings. The third-order valence-corrected chi connectivity index (χ3v) is 1.35. The van der Waals surface area contributed by atoms with Crippen molar-refractivity contribution in [2.45, 2.75) is 26.1 Å². The molecule has 14 heavy (non-hydrogen) atoms. The summed E-state index contributed by atoms with van der Waals surface area (Å²) in [6.45, 7) is 2.84. The van der Waals surface area contributed by atoms with E-state index in [0.717, 1.165) is 6.92 Å². The zero-order valence-corrected chi connectivity index (χ0v) is 8.04. The van der Waals surface area contributed by atoms with Crippen LogP contribution in [-0.4, -0.2) is 30.7 Å². The van der Waals surface area contributed by atoms with E-state index in [1.54, 1.807) is 12.8 Å². The third-order valence-electron chi connectivity index (χ3n) is 1.35. The first-order valence-electron chi connectivity index (χ1n) is 4.06. The van der Waals surface area contributed by atoms with Crippen molar-refractivity contribution in [2.75, 3.05) is 6.61 Å². The van der Waals surface area contributed by atoms with Crippen molar-refractivity contribution < 1.29 is 18.7 Å². The van der Waals surface area contributed by atoms with Gasteiger partial charge in [-0.1, -0.05) is 5.92 Å². The first-order valence-corrected chi connectivity index (χ1v) is 4.06. The quantitative estimate of drug-likeness (QED) is 0.515. The van der Waals surface area contributed by atoms with Gasteiger partial charge in [0.05, 0.1) is 6.61 Å². The average Bonchev–Trinajstić information content (AvgIpc) is 2.13. The molecular formula is C9H12FNO3. The van der Waals surface area contributed by atoms with E-state index in [0.29, 0.717) is 0 Å². The summed E-state index contributed by atoms with van der Waals surface area (Å²) in [5.41, 5.74) is 0. The fourth-order valence-corrected chi connectivity index (χ4v) is 0.799. The van der Waals surface area contributed by atoms with Gasteiger partial charge in [-0.25, -0.2) is 9.18 Å². The van der Waals surface area contributed by atoms with Gasteiger partial charge >= 0.3 is 5.97 Å². The van der Waals surface area contributed by atoms with E-state index in [-0.39, 0.29) is 6.61 Å². The minimum absolute atomic E-state index is 0.103. The minimum Gasteiger partial charge on any atom is -0.464 e. The van der Waals surface area contributed by atoms with Gasteiger partial charge in [0.25, 0.3) is 0 Å². The lowest BCUT2D eigenvalue weighted by Gasteiger charge is -2.16. The first-order chi connectivity index (χ1) is 6.52. The molecule has 0 aliphatic rings. The molecule has 0 saturated heterocycles. The van der Waals surface area contributed by atoms with Crippen LogP contribution in [0.3, 0.4) is 0 Å². The van der Waals surface area contributed by atoms with Crippen molar-refractivity contribution in [3.8, 4) is 12.3 Å². The highest BCUT2D eigenvalue weighted by Crippen LogP contribution is 2.00. The Balaban J connectivity index is 4.47. The van der Waals surface area contributed by atoms with Crippen molar-refractivity contribution in [1.82, 2.24) is 5.32 Å². The van der Waals surface area contributed by atoms with Crippen LogP contribution in [-0.2, 0) is 14.3 Å². The Kier molecular flexibility index (Phi) is 5.30. The van der Waals surface area contributed by atoms with Gasteiger partial charge in [-0.15, -0.1) is 6.42 Å². The van der Waals surface area contributed by atoms with Gasteiger partial charge in [0, 0.05) is 6.92 Å². The SMILES string of the molecule is C#C[C@@H](F)[C@@H](NC(C)=O)C(=O)OCC. The van der Waals surface area contributed by atoms with E-state index in [9.17, 15) is 14.0 Å². The number of esters is 1. The largest absolute Gasteiger partial charge is 0.464 e. The van der Waals surface area contributed by atoms with E-state index in [1.807, 2.05) is 0 Å². The Morgan fingerprint density at radius 1 is 1.64 bits per heavy atom. The zero-order chi connectivity index (χ0) is 11.1. The summed E-state index contributed by atoms with van der Waals surface area (Å²) in [4.78, 5) is 21.7. The molecule has 5 heteroatoms. The Hall–Kier alpha value is -1.57. The maximum atomic E-state index is 13.0. The fourth-order valence-electron chi connectivity index (χ4n) is 0.799. The number of hydrogen-bond donors (Lipinski definition) is 1. The zero-order valence-electron chi connectivity index (χ0n) is 8.04. The second-order valence-corrected chi connectivity index (χ2v) is 2.50. The minimum atomic E-state index is -1.88. The molecule has 0 rings (SSSR count). The normalized spacial score (nSPS) is 13.6. The van der Waals surface area contributed by atoms with Crippen LogP contribution < -0.4 is 5.32 Å². The summed E-state index contributed by atoms with van der Waals surface area (Å²) in [5, 5.41) is 2.08. The Morgan fingerprint density at radius 3 is 2.57 bits per heavy atom. The average molecular weight is 201 g/mol. The number of carbonyl (C=O) groups is 2. The van der Waals surface area contributed by atoms with Crippen LogP contribution in [0.1, 0.15) is 13.8 Å². The third kappa shape index (κ3) is 3.90. The van der Waals surface area contributed by atoms with E-state index in [4.69, 9.17) is 6.42 Å². The Labute approximate surface area is 81.8 Å². The molecule has 0 aliphatic heterocycles. The molecule has 0 unspecified atom stereocenters. The molecule has 2 atom stereocenters. The van der Waals surface area contributed by atoms with E-state index in [2.05, 4.69) is 10.1 Å². The predicted octanol–water partition coefficient (Wildman–Crippen LogP) is 0.0255. The topological polar surface area (TPSA) is 55.4 Å². The highest BCUT2D eigenvalue weighted by molar-refractivity contribution is 5.84. The van der Waals surface area contributed by atoms with Crippen molar-refractivity contribution in [3.05, 3.63) is 0 Å². The summed E-state index contributed by atoms with van der Waals surface area (Å²) in [6, 6.07) is -1.42. The maximum absolute atomic E-state index is 13.0. The van der Waals surface area contributed by atoms with Gasteiger partial charge in [-0.2, -0.15) is 0 Å². The fraction of sp³-hybridized carbons (Fsp3) is 0.556. The molecule has 0 spiro atoms. The first kappa shape index (κ1) is 12.4. The van der Waals surface area contributed by atoms with Crippen molar-refractivity contribution in [1.29, 1.82) is 0 Å². The van der Waals surface area contributed by atoms with Gasteiger partial charge in [0.2, 0.25) is 5.91 Å². The number of terminal acetylenes is 1. The van der Waals surface area contributed by atoms with E-state index < -0.39 is 24.1 Å². The summed E-state index contributed by atoms with van der Waals surface area (Å²) in [5.74, 6) is 0.319. The number of alkyl halides is 1. The number of carbonyl (C=O) groups excluding carboxylic acids is 2. The second-order valence-electron chi connectivity index (χ2n) is 2.50. The van der Waals surface area contributed by atoms with Crippen LogP contribution in [0.4, 0.5) is 4.39 Å². The molecule has 0 radical (unpaired) electrons. The summed E-state index contributed by atoms with van der Waals surface area (Å²) >= 11 is 0. The van der Waals surface area contributed by atoms with E-state index in [1.165, 1.54) is 0 Å². The van der Waals surface area contributed by atoms with Crippen molar-refractivity contribution >= 4 is 11.9 Å². The molecule has 0 aromatic carbocycles. The summed E-state index contributed by atoms with van der Waals surface area (Å²) in [6.07, 6.45) is 2.92. The molecular weight excluding hydrogens is 189 g/mol. The van der Waals surface area contributed by atoms with Gasteiger partial charge in [-0.3, -0.25) is 4.79 Å². The summed E-state index contributed by atoms with van der Waals surface area (Å²) < 4.78 is 17.5. The van der Waals surface area contributed by atoms with Crippen LogP contribution in [0.15, 0.2) is 0 Å². The Morgan fingerprint density at radius 2 is 2.21 bits per heavy atom. The standard InChI is InChI=1S/C9H12FNO3/c1-4-7(10)8(11-6(3)12)9(13)14-5-2/h1,7-8H,5H2,2-3H3,(H,11,12)/t7-,8-/m1/s1. The molecule has 0 bridgehead atoms. The van der Waals surface area contributed by atoms with E-state index >= 15 is 0 Å². The van der Waals surface area contributed by atoms with Gasteiger partial charge in [-0.05, 0) is 6.92 Å². The smallest absolute Gasteiger partial charge is 0.332 e. The van der Waals surface area contributed by atoms with Crippen LogP contribution in [0.5, 0.6) is 0 Å². The lowest BCUT2D eigenvalue weighted by Crippen LogP contribution is -2.46. The van der Waals surface area contributed by atoms with Crippen LogP contribution in [0.2, 0.25) is 0 Å². The number of hydrogen-bond acceptors (Lipinski definition) is 3. The van der Waals surface area contributed by atoms with Crippen LogP contribution >= 0.6 is 0 Å². The van der Waals surface area contributed by atoms with Gasteiger partial charge in [0.15, 0.2) is 12.2 Å². The molecule has 1 N–H and O–H groups in total. The number of nitrogens with one attached hydrogen (secondary N) is 1. The molecule has 0 aromatic heterocycles. The molecule has 78 valence electrons. The van der Waals surface area contributed by atoms with Crippen LogP contribution in [0.25, 0.3) is 0 Å². The lowest BCUT2D eigenvalue weighted by atomic mass is 10.2. The van der Waals surface area contributed by atoms with Gasteiger partial charge < -0.3 is 10.1 Å².